The van der Waals surface area contributed by atoms with Gasteiger partial charge >= 0.3 is 5.97 Å². The number of esters is 1. The van der Waals surface area contributed by atoms with Crippen LogP contribution < -0.4 is 4.74 Å². The molecule has 0 aliphatic carbocycles. The van der Waals surface area contributed by atoms with E-state index >= 15 is 0 Å². The van der Waals surface area contributed by atoms with E-state index < -0.39 is 6.29 Å². The highest BCUT2D eigenvalue weighted by molar-refractivity contribution is 5.69. The molecule has 39 heavy (non-hydrogen) atoms. The number of nitrogens with zero attached hydrogens (tertiary/aromatic N) is 1. The first-order valence-electron chi connectivity index (χ1n) is 15.7. The summed E-state index contributed by atoms with van der Waals surface area (Å²) in [5, 5.41) is 0. The third-order valence-corrected chi connectivity index (χ3v) is 7.41. The van der Waals surface area contributed by atoms with Crippen LogP contribution in [0.25, 0.3) is 0 Å². The highest BCUT2D eigenvalue weighted by atomic mass is 16.7. The maximum absolute atomic E-state index is 12.3. The summed E-state index contributed by atoms with van der Waals surface area (Å²) in [6.45, 7) is 6.10. The molecular weight excluding hydrogens is 482 g/mol. The quantitative estimate of drug-likeness (QED) is 0.0648. The number of carbonyl (C=O) groups excluding carboxylic acids is 1. The molecule has 0 saturated carbocycles. The number of ether oxygens (including phenoxy) is 2. The highest BCUT2D eigenvalue weighted by Gasteiger charge is 2.16. The van der Waals surface area contributed by atoms with Crippen molar-refractivity contribution in [2.24, 2.45) is 0 Å². The van der Waals surface area contributed by atoms with Crippen molar-refractivity contribution in [1.82, 2.24) is 0 Å². The smallest absolute Gasteiger partial charge is 0.308 e. The van der Waals surface area contributed by atoms with Gasteiger partial charge in [-0.3, -0.25) is 4.79 Å². The summed E-state index contributed by atoms with van der Waals surface area (Å²) in [5.74, 6) is 0.587. The van der Waals surface area contributed by atoms with Gasteiger partial charge < -0.3 is 14.0 Å². The zero-order valence-corrected chi connectivity index (χ0v) is 25.5. The summed E-state index contributed by atoms with van der Waals surface area (Å²) >= 11 is 0. The molecule has 0 aliphatic rings. The summed E-state index contributed by atoms with van der Waals surface area (Å²) in [6.07, 6.45) is 17.7. The minimum atomic E-state index is -0.583. The maximum atomic E-state index is 12.3. The van der Waals surface area contributed by atoms with E-state index in [-0.39, 0.29) is 5.97 Å². The topological polar surface area (TPSA) is 35.5 Å². The van der Waals surface area contributed by atoms with Gasteiger partial charge in [0.1, 0.15) is 12.3 Å². The van der Waals surface area contributed by atoms with Crippen LogP contribution >= 0.6 is 0 Å². The molecule has 0 aliphatic heterocycles. The minimum absolute atomic E-state index is 0.187. The molecule has 0 N–H and O–H groups in total. The van der Waals surface area contributed by atoms with Crippen molar-refractivity contribution in [2.75, 3.05) is 20.6 Å². The van der Waals surface area contributed by atoms with Crippen LogP contribution in [0.4, 0.5) is 0 Å². The van der Waals surface area contributed by atoms with Crippen molar-refractivity contribution in [1.29, 1.82) is 0 Å². The number of quaternary nitrogens is 1. The molecule has 0 saturated heterocycles. The lowest BCUT2D eigenvalue weighted by Crippen LogP contribution is -2.39. The van der Waals surface area contributed by atoms with E-state index in [0.29, 0.717) is 6.42 Å². The number of hydrogen-bond donors (Lipinski definition) is 0. The van der Waals surface area contributed by atoms with Gasteiger partial charge in [-0.1, -0.05) is 114 Å². The fourth-order valence-corrected chi connectivity index (χ4v) is 5.19. The van der Waals surface area contributed by atoms with Crippen LogP contribution in [0.2, 0.25) is 0 Å². The maximum Gasteiger partial charge on any atom is 0.308 e. The predicted molar refractivity (Wildman–Crippen MR) is 164 cm³/mol. The van der Waals surface area contributed by atoms with Gasteiger partial charge in [0.05, 0.1) is 20.6 Å². The Balaban J connectivity index is 1.55. The molecule has 0 aromatic heterocycles. The van der Waals surface area contributed by atoms with Gasteiger partial charge in [0, 0.05) is 18.9 Å². The molecule has 1 unspecified atom stereocenters. The van der Waals surface area contributed by atoms with Crippen LogP contribution in [-0.4, -0.2) is 37.4 Å². The zero-order valence-electron chi connectivity index (χ0n) is 25.5. The molecule has 0 spiro atoms. The molecule has 2 rings (SSSR count). The van der Waals surface area contributed by atoms with Gasteiger partial charge in [0.25, 0.3) is 0 Å². The van der Waals surface area contributed by atoms with Gasteiger partial charge in [-0.15, -0.1) is 0 Å². The monoisotopic (exact) mass is 538 g/mol. The molecule has 2 aromatic carbocycles. The third kappa shape index (κ3) is 16.4. The summed E-state index contributed by atoms with van der Waals surface area (Å²) in [7, 11) is 4.49. The highest BCUT2D eigenvalue weighted by Crippen LogP contribution is 2.19. The van der Waals surface area contributed by atoms with E-state index in [1.54, 1.807) is 6.92 Å². The van der Waals surface area contributed by atoms with Crippen LogP contribution in [-0.2, 0) is 22.5 Å². The number of unbranched alkanes of at least 4 members (excludes halogenated alkanes) is 11. The SMILES string of the molecule is CCCCCCCCCCCCCc1cccc(OC(C)OC(=O)CCCC[N+](C)(C)Cc2ccccc2)c1. The first-order chi connectivity index (χ1) is 18.9. The van der Waals surface area contributed by atoms with Crippen LogP contribution in [0.3, 0.4) is 0 Å². The second-order valence-corrected chi connectivity index (χ2v) is 11.9. The van der Waals surface area contributed by atoms with E-state index in [1.807, 2.05) is 12.1 Å². The van der Waals surface area contributed by atoms with E-state index in [2.05, 4.69) is 63.5 Å². The standard InChI is InChI=1S/C35H56NO3/c1-5-6-7-8-9-10-11-12-13-14-16-22-32-25-21-26-34(29-32)38-31(2)39-35(37)27-19-20-28-36(3,4)30-33-23-17-15-18-24-33/h15,17-18,21,23-26,29,31H,5-14,16,19-20,22,27-28,30H2,1-4H3/q+1. The lowest BCUT2D eigenvalue weighted by molar-refractivity contribution is -0.903. The number of carbonyl (C=O) groups is 1. The largest absolute Gasteiger partial charge is 0.455 e. The summed E-state index contributed by atoms with van der Waals surface area (Å²) in [5.41, 5.74) is 2.63. The van der Waals surface area contributed by atoms with Crippen LogP contribution in [0, 0.1) is 0 Å². The molecule has 0 fully saturated rings. The van der Waals surface area contributed by atoms with Crippen molar-refractivity contribution in [3.05, 3.63) is 65.7 Å². The molecule has 0 radical (unpaired) electrons. The van der Waals surface area contributed by atoms with E-state index in [0.717, 1.165) is 42.6 Å². The van der Waals surface area contributed by atoms with Crippen molar-refractivity contribution in [2.45, 2.75) is 123 Å². The molecule has 218 valence electrons. The second kappa shape index (κ2) is 19.7. The van der Waals surface area contributed by atoms with E-state index in [9.17, 15) is 4.79 Å². The van der Waals surface area contributed by atoms with Crippen molar-refractivity contribution in [3.8, 4) is 5.75 Å². The lowest BCUT2D eigenvalue weighted by Gasteiger charge is -2.30. The summed E-state index contributed by atoms with van der Waals surface area (Å²) in [6, 6.07) is 18.8. The predicted octanol–water partition coefficient (Wildman–Crippen LogP) is 9.26. The van der Waals surface area contributed by atoms with Gasteiger partial charge in [-0.2, -0.15) is 0 Å². The Hall–Kier alpha value is -2.33. The molecule has 0 bridgehead atoms. The van der Waals surface area contributed by atoms with Crippen molar-refractivity contribution >= 4 is 5.97 Å². The average molecular weight is 539 g/mol. The average Bonchev–Trinajstić information content (AvgIpc) is 2.90. The van der Waals surface area contributed by atoms with Crippen LogP contribution in [0.1, 0.15) is 115 Å². The van der Waals surface area contributed by atoms with Gasteiger partial charge in [0.15, 0.2) is 0 Å². The normalized spacial score (nSPS) is 12.3. The van der Waals surface area contributed by atoms with Crippen molar-refractivity contribution in [3.63, 3.8) is 0 Å². The fraction of sp³-hybridized carbons (Fsp3) is 0.629. The van der Waals surface area contributed by atoms with Crippen molar-refractivity contribution < 1.29 is 18.8 Å². The van der Waals surface area contributed by atoms with Gasteiger partial charge in [-0.25, -0.2) is 0 Å². The Morgan fingerprint density at radius 3 is 2.03 bits per heavy atom. The fourth-order valence-electron chi connectivity index (χ4n) is 5.19. The first kappa shape index (κ1) is 32.9. The number of rotatable bonds is 22. The Morgan fingerprint density at radius 1 is 0.744 bits per heavy atom. The zero-order chi connectivity index (χ0) is 28.2. The molecule has 4 heteroatoms. The lowest BCUT2D eigenvalue weighted by atomic mass is 10.0. The molecule has 4 nitrogen and oxygen atoms in total. The second-order valence-electron chi connectivity index (χ2n) is 11.9. The van der Waals surface area contributed by atoms with Gasteiger partial charge in [0.2, 0.25) is 6.29 Å². The number of hydrogen-bond acceptors (Lipinski definition) is 3. The van der Waals surface area contributed by atoms with Crippen LogP contribution in [0.5, 0.6) is 5.75 Å². The number of aryl methyl sites for hydroxylation is 1. The molecular formula is C35H56NO3+. The Morgan fingerprint density at radius 2 is 1.36 bits per heavy atom. The summed E-state index contributed by atoms with van der Waals surface area (Å²) < 4.78 is 12.4. The first-order valence-corrected chi connectivity index (χ1v) is 15.7. The number of benzene rings is 2. The molecule has 2 aromatic rings. The van der Waals surface area contributed by atoms with Crippen LogP contribution in [0.15, 0.2) is 54.6 Å². The molecule has 1 atom stereocenters. The van der Waals surface area contributed by atoms with E-state index in [4.69, 9.17) is 9.47 Å². The van der Waals surface area contributed by atoms with Gasteiger partial charge in [-0.05, 0) is 43.4 Å². The minimum Gasteiger partial charge on any atom is -0.455 e. The third-order valence-electron chi connectivity index (χ3n) is 7.41. The molecule has 0 amide bonds. The Kier molecular flexibility index (Phi) is 16.6. The molecule has 0 heterocycles. The Labute approximate surface area is 239 Å². The summed E-state index contributed by atoms with van der Waals surface area (Å²) in [4.78, 5) is 12.3. The van der Waals surface area contributed by atoms with E-state index in [1.165, 1.54) is 81.8 Å². The Bertz CT molecular complexity index is 896.